The first kappa shape index (κ1) is 10.1. The summed E-state index contributed by atoms with van der Waals surface area (Å²) in [5.41, 5.74) is -0.0313. The van der Waals surface area contributed by atoms with Gasteiger partial charge in [0.1, 0.15) is 12.3 Å². The predicted octanol–water partition coefficient (Wildman–Crippen LogP) is 0.541. The highest BCUT2D eigenvalue weighted by Gasteiger charge is 2.35. The van der Waals surface area contributed by atoms with Crippen LogP contribution in [0, 0.1) is 0 Å². The lowest BCUT2D eigenvalue weighted by Gasteiger charge is -2.37. The van der Waals surface area contributed by atoms with Crippen molar-refractivity contribution in [3.05, 3.63) is 0 Å². The van der Waals surface area contributed by atoms with Crippen LogP contribution in [-0.2, 0) is 0 Å². The lowest BCUT2D eigenvalue weighted by atomic mass is 10.1. The zero-order valence-corrected chi connectivity index (χ0v) is 9.93. The third kappa shape index (κ3) is 2.04. The fraction of sp³-hybridized carbons (Fsp3) is 1.00. The van der Waals surface area contributed by atoms with Gasteiger partial charge in [-0.3, -0.25) is 4.90 Å². The first-order valence-electron chi connectivity index (χ1n) is 4.54. The topological polar surface area (TPSA) is 3.24 Å². The normalized spacial score (nSPS) is 39.2. The summed E-state index contributed by atoms with van der Waals surface area (Å²) in [6.07, 6.45) is -2.46. The summed E-state index contributed by atoms with van der Waals surface area (Å²) in [5, 5.41) is 0. The molecule has 0 bridgehead atoms. The second kappa shape index (κ2) is 3.83. The predicted molar refractivity (Wildman–Crippen MR) is 50.2 cm³/mol. The van der Waals surface area contributed by atoms with Crippen molar-refractivity contribution < 1.29 is 8.78 Å². The van der Waals surface area contributed by atoms with Gasteiger partial charge in [0.2, 0.25) is 0 Å². The van der Waals surface area contributed by atoms with Gasteiger partial charge in [0.25, 0.3) is 0 Å². The quantitative estimate of drug-likeness (QED) is 0.549. The summed E-state index contributed by atoms with van der Waals surface area (Å²) in [6, 6.07) is 0.340. The Morgan fingerprint density at radius 2 is 1.92 bits per heavy atom. The van der Waals surface area contributed by atoms with Crippen LogP contribution in [0.5, 0.6) is 0 Å². The van der Waals surface area contributed by atoms with Gasteiger partial charge in [0.05, 0.1) is 0 Å². The Morgan fingerprint density at radius 1 is 1.33 bits per heavy atom. The molecule has 1 saturated heterocycles. The van der Waals surface area contributed by atoms with Crippen molar-refractivity contribution in [1.82, 2.24) is 4.90 Å². The average molecular weight is 193 g/mol. The molecule has 1 rings (SSSR count). The van der Waals surface area contributed by atoms with E-state index in [0.717, 1.165) is 16.8 Å². The number of piperidine rings is 1. The van der Waals surface area contributed by atoms with Gasteiger partial charge in [-0.2, -0.15) is 0 Å². The summed E-state index contributed by atoms with van der Waals surface area (Å²) in [6.45, 7) is 5.07. The summed E-state index contributed by atoms with van der Waals surface area (Å²) in [7, 11) is 0.750. The molecule has 0 aromatic rings. The van der Waals surface area contributed by atoms with Crippen LogP contribution in [0.15, 0.2) is 0 Å². The molecule has 0 radical (unpaired) electrons. The minimum atomic E-state index is -1.26. The van der Waals surface area contributed by atoms with E-state index in [9.17, 15) is 8.78 Å². The summed E-state index contributed by atoms with van der Waals surface area (Å²) in [5.74, 6) is 0. The number of alkyl halides is 2. The highest BCUT2D eigenvalue weighted by Crippen LogP contribution is 2.25. The van der Waals surface area contributed by atoms with Crippen molar-refractivity contribution in [3.8, 4) is 0 Å². The van der Waals surface area contributed by atoms with Gasteiger partial charge in [0, 0.05) is 29.4 Å². The first-order chi connectivity index (χ1) is 5.52. The molecule has 1 aliphatic heterocycles. The van der Waals surface area contributed by atoms with E-state index in [-0.39, 0.29) is 12.1 Å². The fourth-order valence-electron chi connectivity index (χ4n) is 1.65. The Morgan fingerprint density at radius 3 is 2.33 bits per heavy atom. The average Bonchev–Trinajstić information content (AvgIpc) is 1.99. The molecule has 0 N–H and O–H groups in total. The molecule has 12 heavy (non-hydrogen) atoms. The number of halogens is 2. The van der Waals surface area contributed by atoms with Gasteiger partial charge >= 0.3 is 0 Å². The van der Waals surface area contributed by atoms with Crippen LogP contribution in [0.1, 0.15) is 13.8 Å². The van der Waals surface area contributed by atoms with Crippen LogP contribution in [0.2, 0.25) is 5.54 Å². The Hall–Kier alpha value is 0.0369. The molecule has 1 nitrogen and oxygen atoms in total. The third-order valence-electron chi connectivity index (χ3n) is 2.55. The zero-order chi connectivity index (χ0) is 9.30. The maximum atomic E-state index is 13.0. The Labute approximate surface area is 75.5 Å². The van der Waals surface area contributed by atoms with E-state index in [1.165, 1.54) is 0 Å². The zero-order valence-electron chi connectivity index (χ0n) is 7.93. The van der Waals surface area contributed by atoms with Gasteiger partial charge < -0.3 is 0 Å². The van der Waals surface area contributed by atoms with Crippen LogP contribution < -0.4 is 0 Å². The molecule has 3 atom stereocenters. The van der Waals surface area contributed by atoms with E-state index >= 15 is 0 Å². The maximum absolute atomic E-state index is 13.0. The molecule has 0 aromatic heterocycles. The molecule has 0 aromatic carbocycles. The van der Waals surface area contributed by atoms with E-state index in [1.807, 2.05) is 18.7 Å². The number of rotatable bonds is 1. The van der Waals surface area contributed by atoms with Crippen molar-refractivity contribution in [2.75, 3.05) is 13.1 Å². The fourth-order valence-corrected chi connectivity index (χ4v) is 2.53. The second-order valence-electron chi connectivity index (χ2n) is 3.99. The second-order valence-corrected chi connectivity index (χ2v) is 5.47. The maximum Gasteiger partial charge on any atom is 0.144 e. The highest BCUT2D eigenvalue weighted by atomic mass is 28.1. The number of hydrogen-bond donors (Lipinski definition) is 0. The molecule has 0 spiro atoms. The minimum absolute atomic E-state index is 0.0313. The van der Waals surface area contributed by atoms with Crippen LogP contribution in [0.3, 0.4) is 0 Å². The van der Waals surface area contributed by atoms with Crippen molar-refractivity contribution in [2.24, 2.45) is 0 Å². The minimum Gasteiger partial charge on any atom is -0.298 e. The molecule has 1 unspecified atom stereocenters. The Balaban J connectivity index is 2.53. The number of likely N-dealkylation sites (tertiary alicyclic amines) is 1. The van der Waals surface area contributed by atoms with E-state index < -0.39 is 12.3 Å². The summed E-state index contributed by atoms with van der Waals surface area (Å²) in [4.78, 5) is 2.03. The molecule has 1 fully saturated rings. The summed E-state index contributed by atoms with van der Waals surface area (Å²) < 4.78 is 26.1. The Bertz CT molecular complexity index is 142. The first-order valence-corrected chi connectivity index (χ1v) is 5.70. The van der Waals surface area contributed by atoms with Crippen molar-refractivity contribution >= 4 is 10.2 Å². The van der Waals surface area contributed by atoms with Crippen LogP contribution >= 0.6 is 0 Å². The molecule has 0 amide bonds. The van der Waals surface area contributed by atoms with Crippen molar-refractivity contribution in [3.63, 3.8) is 0 Å². The smallest absolute Gasteiger partial charge is 0.144 e. The molecule has 0 saturated carbocycles. The van der Waals surface area contributed by atoms with Crippen molar-refractivity contribution in [2.45, 2.75) is 37.8 Å². The standard InChI is InChI=1S/C8H17F2NSi/c1-5(2)11-3-6(9)8(10)7(12)4-11/h5-8H,3-4H2,1-2,12H3/t6-,7?,8+/m0/s1. The van der Waals surface area contributed by atoms with Crippen molar-refractivity contribution in [1.29, 1.82) is 0 Å². The Kier molecular flexibility index (Phi) is 3.23. The van der Waals surface area contributed by atoms with E-state index in [1.54, 1.807) is 0 Å². The van der Waals surface area contributed by atoms with Gasteiger partial charge in [-0.15, -0.1) is 0 Å². The number of nitrogens with zero attached hydrogens (tertiary/aromatic N) is 1. The third-order valence-corrected chi connectivity index (χ3v) is 3.55. The van der Waals surface area contributed by atoms with E-state index in [2.05, 4.69) is 0 Å². The summed E-state index contributed by atoms with van der Waals surface area (Å²) >= 11 is 0. The molecular formula is C8H17F2NSi. The van der Waals surface area contributed by atoms with Gasteiger partial charge in [-0.25, -0.2) is 8.78 Å². The number of hydrogen-bond acceptors (Lipinski definition) is 1. The van der Waals surface area contributed by atoms with Crippen LogP contribution in [0.25, 0.3) is 0 Å². The van der Waals surface area contributed by atoms with Gasteiger partial charge in [-0.05, 0) is 19.4 Å². The monoisotopic (exact) mass is 193 g/mol. The molecular weight excluding hydrogens is 176 g/mol. The highest BCUT2D eigenvalue weighted by molar-refractivity contribution is 6.12. The van der Waals surface area contributed by atoms with Crippen LogP contribution in [-0.4, -0.2) is 46.6 Å². The van der Waals surface area contributed by atoms with E-state index in [4.69, 9.17) is 0 Å². The van der Waals surface area contributed by atoms with Gasteiger partial charge in [0.15, 0.2) is 0 Å². The lowest BCUT2D eigenvalue weighted by molar-refractivity contribution is 0.0451. The molecule has 0 aliphatic carbocycles. The SMILES string of the molecule is CC(C)N1CC([SiH3])[C@H](F)[C@@H](F)C1. The lowest BCUT2D eigenvalue weighted by Crippen LogP contribution is -2.49. The van der Waals surface area contributed by atoms with Crippen LogP contribution in [0.4, 0.5) is 8.78 Å². The largest absolute Gasteiger partial charge is 0.298 e. The van der Waals surface area contributed by atoms with Gasteiger partial charge in [-0.1, -0.05) is 0 Å². The van der Waals surface area contributed by atoms with E-state index in [0.29, 0.717) is 6.04 Å². The molecule has 4 heteroatoms. The molecule has 1 aliphatic rings. The molecule has 1 heterocycles. The molecule has 72 valence electrons.